The van der Waals surface area contributed by atoms with Crippen LogP contribution in [0.4, 0.5) is 10.5 Å². The first-order chi connectivity index (χ1) is 12.9. The number of hydrogen-bond acceptors (Lipinski definition) is 5. The number of anilines is 1. The molecule has 0 unspecified atom stereocenters. The number of sulfonamides is 1. The first kappa shape index (κ1) is 21.1. The molecule has 0 heterocycles. The van der Waals surface area contributed by atoms with Crippen LogP contribution >= 0.6 is 0 Å². The summed E-state index contributed by atoms with van der Waals surface area (Å²) in [6.07, 6.45) is 5.31. The van der Waals surface area contributed by atoms with Gasteiger partial charge in [0, 0.05) is 24.8 Å². The maximum Gasteiger partial charge on any atom is 0.315 e. The molecule has 0 aromatic heterocycles. The first-order valence-corrected chi connectivity index (χ1v) is 10.5. The molecule has 1 saturated carbocycles. The van der Waals surface area contributed by atoms with E-state index in [0.717, 1.165) is 25.7 Å². The summed E-state index contributed by atoms with van der Waals surface area (Å²) >= 11 is 0. The van der Waals surface area contributed by atoms with Gasteiger partial charge in [0.25, 0.3) is 0 Å². The zero-order valence-corrected chi connectivity index (χ0v) is 16.0. The summed E-state index contributed by atoms with van der Waals surface area (Å²) in [6.45, 7) is 0.101. The van der Waals surface area contributed by atoms with E-state index in [4.69, 9.17) is 5.73 Å². The smallest absolute Gasteiger partial charge is 0.315 e. The molecule has 0 saturated heterocycles. The Morgan fingerprint density at radius 2 is 1.89 bits per heavy atom. The van der Waals surface area contributed by atoms with Crippen LogP contribution in [-0.2, 0) is 14.8 Å². The lowest BCUT2D eigenvalue weighted by molar-refractivity contribution is -0.115. The van der Waals surface area contributed by atoms with Gasteiger partial charge in [-0.2, -0.15) is 0 Å². The van der Waals surface area contributed by atoms with Crippen molar-refractivity contribution in [2.45, 2.75) is 43.0 Å². The van der Waals surface area contributed by atoms with E-state index in [-0.39, 0.29) is 36.6 Å². The monoisotopic (exact) mass is 397 g/mol. The van der Waals surface area contributed by atoms with Gasteiger partial charge < -0.3 is 21.7 Å². The fourth-order valence-electron chi connectivity index (χ4n) is 2.87. The van der Waals surface area contributed by atoms with E-state index < -0.39 is 15.9 Å². The molecule has 1 aliphatic rings. The number of urea groups is 1. The van der Waals surface area contributed by atoms with Crippen LogP contribution in [0.3, 0.4) is 0 Å². The zero-order chi connectivity index (χ0) is 19.7. The number of rotatable bonds is 8. The average Bonchev–Trinajstić information content (AvgIpc) is 2.66. The highest BCUT2D eigenvalue weighted by molar-refractivity contribution is 7.89. The Hall–Kier alpha value is -2.17. The number of hydrogen-bond donors (Lipinski definition) is 5. The van der Waals surface area contributed by atoms with E-state index in [9.17, 15) is 18.0 Å². The van der Waals surface area contributed by atoms with E-state index in [1.807, 2.05) is 0 Å². The zero-order valence-electron chi connectivity index (χ0n) is 15.2. The molecule has 0 spiro atoms. The lowest BCUT2D eigenvalue weighted by Gasteiger charge is -2.22. The molecule has 2 rings (SSSR count). The Morgan fingerprint density at radius 3 is 2.59 bits per heavy atom. The van der Waals surface area contributed by atoms with Crippen LogP contribution in [0.15, 0.2) is 29.2 Å². The topological polar surface area (TPSA) is 142 Å². The van der Waals surface area contributed by atoms with Gasteiger partial charge >= 0.3 is 6.03 Å². The number of carbonyl (C=O) groups is 2. The molecule has 10 heteroatoms. The summed E-state index contributed by atoms with van der Waals surface area (Å²) in [7, 11) is -3.68. The second kappa shape index (κ2) is 10.2. The Bertz CT molecular complexity index is 747. The van der Waals surface area contributed by atoms with Crippen molar-refractivity contribution >= 4 is 27.6 Å². The summed E-state index contributed by atoms with van der Waals surface area (Å²) in [5.74, 6) is -0.446. The molecule has 9 nitrogen and oxygen atoms in total. The summed E-state index contributed by atoms with van der Waals surface area (Å²) < 4.78 is 26.5. The van der Waals surface area contributed by atoms with Crippen LogP contribution in [0.5, 0.6) is 0 Å². The van der Waals surface area contributed by atoms with Crippen molar-refractivity contribution in [2.75, 3.05) is 25.0 Å². The van der Waals surface area contributed by atoms with Crippen LogP contribution in [0, 0.1) is 0 Å². The number of carbonyl (C=O) groups excluding carboxylic acids is 2. The number of amides is 3. The van der Waals surface area contributed by atoms with Gasteiger partial charge in [-0.15, -0.1) is 0 Å². The van der Waals surface area contributed by atoms with Crippen molar-refractivity contribution in [2.24, 2.45) is 5.73 Å². The van der Waals surface area contributed by atoms with Crippen LogP contribution in [0.25, 0.3) is 0 Å². The minimum absolute atomic E-state index is 0.0248. The highest BCUT2D eigenvalue weighted by Gasteiger charge is 2.16. The van der Waals surface area contributed by atoms with Gasteiger partial charge in [-0.25, -0.2) is 17.9 Å². The van der Waals surface area contributed by atoms with Crippen molar-refractivity contribution in [3.63, 3.8) is 0 Å². The third-order valence-corrected chi connectivity index (χ3v) is 5.67. The van der Waals surface area contributed by atoms with Crippen molar-refractivity contribution in [3.8, 4) is 0 Å². The summed E-state index contributed by atoms with van der Waals surface area (Å²) in [5.41, 5.74) is 5.63. The molecular weight excluding hydrogens is 370 g/mol. The van der Waals surface area contributed by atoms with Crippen molar-refractivity contribution in [1.29, 1.82) is 0 Å². The van der Waals surface area contributed by atoms with Crippen LogP contribution < -0.4 is 26.4 Å². The molecular formula is C17H27N5O4S. The molecule has 0 radical (unpaired) electrons. The number of nitrogens with one attached hydrogen (secondary N) is 4. The summed E-state index contributed by atoms with van der Waals surface area (Å²) in [4.78, 5) is 23.9. The molecule has 1 fully saturated rings. The van der Waals surface area contributed by atoms with Crippen LogP contribution in [-0.4, -0.2) is 46.0 Å². The second-order valence-electron chi connectivity index (χ2n) is 6.42. The predicted octanol–water partition coefficient (Wildman–Crippen LogP) is 0.494. The Labute approximate surface area is 159 Å². The van der Waals surface area contributed by atoms with Crippen molar-refractivity contribution in [1.82, 2.24) is 15.4 Å². The Morgan fingerprint density at radius 1 is 1.15 bits per heavy atom. The Balaban J connectivity index is 1.83. The van der Waals surface area contributed by atoms with Gasteiger partial charge in [-0.05, 0) is 31.0 Å². The Kier molecular flexibility index (Phi) is 8.01. The molecule has 0 aliphatic heterocycles. The summed E-state index contributed by atoms with van der Waals surface area (Å²) in [5, 5.41) is 7.95. The number of nitrogens with two attached hydrogens (primary N) is 1. The molecule has 3 amide bonds. The first-order valence-electron chi connectivity index (χ1n) is 9.05. The predicted molar refractivity (Wildman–Crippen MR) is 103 cm³/mol. The third-order valence-electron chi connectivity index (χ3n) is 4.21. The van der Waals surface area contributed by atoms with E-state index in [1.165, 1.54) is 24.6 Å². The van der Waals surface area contributed by atoms with E-state index in [0.29, 0.717) is 5.69 Å². The molecule has 1 aliphatic carbocycles. The van der Waals surface area contributed by atoms with Gasteiger partial charge in [0.05, 0.1) is 11.4 Å². The summed E-state index contributed by atoms with van der Waals surface area (Å²) in [6, 6.07) is 5.64. The molecule has 0 bridgehead atoms. The van der Waals surface area contributed by atoms with Gasteiger partial charge in [0.15, 0.2) is 0 Å². The minimum atomic E-state index is -3.68. The molecule has 0 atom stereocenters. The standard InChI is InChI=1S/C17H27N5O4S/c18-9-10-20-27(25,26)15-8-4-7-14(11-15)21-16(23)12-19-17(24)22-13-5-2-1-3-6-13/h4,7-8,11,13,20H,1-3,5-6,9-10,12,18H2,(H,21,23)(H2,19,22,24). The van der Waals surface area contributed by atoms with Gasteiger partial charge in [0.1, 0.15) is 0 Å². The molecule has 27 heavy (non-hydrogen) atoms. The SMILES string of the molecule is NCCNS(=O)(=O)c1cccc(NC(=O)CNC(=O)NC2CCCCC2)c1. The van der Waals surface area contributed by atoms with Crippen molar-refractivity contribution < 1.29 is 18.0 Å². The number of benzene rings is 1. The maximum absolute atomic E-state index is 12.1. The molecule has 1 aromatic carbocycles. The molecule has 150 valence electrons. The van der Waals surface area contributed by atoms with Crippen molar-refractivity contribution in [3.05, 3.63) is 24.3 Å². The van der Waals surface area contributed by atoms with Crippen LogP contribution in [0.1, 0.15) is 32.1 Å². The largest absolute Gasteiger partial charge is 0.335 e. The highest BCUT2D eigenvalue weighted by Crippen LogP contribution is 2.17. The third kappa shape index (κ3) is 7.16. The lowest BCUT2D eigenvalue weighted by atomic mass is 9.96. The van der Waals surface area contributed by atoms with Crippen LogP contribution in [0.2, 0.25) is 0 Å². The van der Waals surface area contributed by atoms with Gasteiger partial charge in [-0.1, -0.05) is 25.3 Å². The average molecular weight is 398 g/mol. The minimum Gasteiger partial charge on any atom is -0.335 e. The van der Waals surface area contributed by atoms with E-state index >= 15 is 0 Å². The quantitative estimate of drug-likeness (QED) is 0.434. The van der Waals surface area contributed by atoms with Gasteiger partial charge in [0.2, 0.25) is 15.9 Å². The van der Waals surface area contributed by atoms with Gasteiger partial charge in [-0.3, -0.25) is 4.79 Å². The maximum atomic E-state index is 12.1. The highest BCUT2D eigenvalue weighted by atomic mass is 32.2. The fourth-order valence-corrected chi connectivity index (χ4v) is 3.96. The van der Waals surface area contributed by atoms with E-state index in [1.54, 1.807) is 6.07 Å². The molecule has 6 N–H and O–H groups in total. The fraction of sp³-hybridized carbons (Fsp3) is 0.529. The normalized spacial score (nSPS) is 15.1. The second-order valence-corrected chi connectivity index (χ2v) is 8.19. The molecule has 1 aromatic rings. The van der Waals surface area contributed by atoms with E-state index in [2.05, 4.69) is 20.7 Å². The lowest BCUT2D eigenvalue weighted by Crippen LogP contribution is -2.45.